The van der Waals surface area contributed by atoms with Crippen LogP contribution in [0.25, 0.3) is 22.3 Å². The lowest BCUT2D eigenvalue weighted by Crippen LogP contribution is -2.05. The second-order valence-electron chi connectivity index (χ2n) is 5.83. The van der Waals surface area contributed by atoms with Crippen molar-refractivity contribution < 1.29 is 9.15 Å². The van der Waals surface area contributed by atoms with Gasteiger partial charge in [0, 0.05) is 23.6 Å². The van der Waals surface area contributed by atoms with Gasteiger partial charge in [0.05, 0.1) is 12.0 Å². The van der Waals surface area contributed by atoms with Crippen LogP contribution in [-0.4, -0.2) is 13.2 Å². The zero-order valence-electron chi connectivity index (χ0n) is 14.5. The van der Waals surface area contributed by atoms with Crippen molar-refractivity contribution in [1.82, 2.24) is 0 Å². The first-order chi connectivity index (χ1) is 11.7. The third-order valence-corrected chi connectivity index (χ3v) is 3.87. The van der Waals surface area contributed by atoms with Crippen LogP contribution in [0.4, 0.5) is 0 Å². The number of fused-ring (bicyclic) bond motifs is 1. The van der Waals surface area contributed by atoms with Crippen LogP contribution in [0.1, 0.15) is 25.8 Å². The molecule has 0 fully saturated rings. The molecular weight excluding hydrogens is 298 g/mol. The predicted molar refractivity (Wildman–Crippen MR) is 98.3 cm³/mol. The lowest BCUT2D eigenvalue weighted by Gasteiger charge is -2.08. The Kier molecular flexibility index (Phi) is 4.99. The van der Waals surface area contributed by atoms with Crippen molar-refractivity contribution >= 4 is 11.0 Å². The number of hydrogen-bond acceptors (Lipinski definition) is 3. The van der Waals surface area contributed by atoms with Crippen LogP contribution in [0.3, 0.4) is 0 Å². The van der Waals surface area contributed by atoms with Crippen LogP contribution in [0.15, 0.2) is 57.9 Å². The van der Waals surface area contributed by atoms with E-state index in [1.54, 1.807) is 0 Å². The number of benzene rings is 2. The van der Waals surface area contributed by atoms with Crippen molar-refractivity contribution in [3.05, 3.63) is 59.5 Å². The van der Waals surface area contributed by atoms with E-state index in [0.717, 1.165) is 46.4 Å². The molecule has 0 unspecified atom stereocenters. The largest absolute Gasteiger partial charge is 0.494 e. The summed E-state index contributed by atoms with van der Waals surface area (Å²) in [7, 11) is 0. The Morgan fingerprint density at radius 1 is 1.00 bits per heavy atom. The van der Waals surface area contributed by atoms with E-state index in [1.165, 1.54) is 5.56 Å². The minimum atomic E-state index is 0.644. The summed E-state index contributed by atoms with van der Waals surface area (Å²) in [5.74, 6) is 1.68. The molecule has 0 radical (unpaired) electrons. The maximum Gasteiger partial charge on any atom is 0.137 e. The zero-order valence-corrected chi connectivity index (χ0v) is 14.5. The third-order valence-electron chi connectivity index (χ3n) is 3.87. The van der Waals surface area contributed by atoms with Crippen molar-refractivity contribution in [1.29, 1.82) is 0 Å². The third kappa shape index (κ3) is 3.51. The molecule has 0 bridgehead atoms. The normalized spacial score (nSPS) is 11.9. The van der Waals surface area contributed by atoms with Crippen molar-refractivity contribution in [2.24, 2.45) is 4.99 Å². The second kappa shape index (κ2) is 7.35. The number of hydrogen-bond donors (Lipinski definition) is 0. The van der Waals surface area contributed by atoms with Gasteiger partial charge in [-0.25, -0.2) is 0 Å². The fourth-order valence-corrected chi connectivity index (χ4v) is 2.63. The van der Waals surface area contributed by atoms with Gasteiger partial charge in [-0.3, -0.25) is 4.99 Å². The molecule has 0 aliphatic rings. The van der Waals surface area contributed by atoms with Crippen LogP contribution >= 0.6 is 0 Å². The Hall–Kier alpha value is -2.55. The molecule has 3 heteroatoms. The van der Waals surface area contributed by atoms with Gasteiger partial charge in [0.2, 0.25) is 0 Å². The van der Waals surface area contributed by atoms with E-state index < -0.39 is 0 Å². The molecule has 0 aliphatic carbocycles. The number of nitrogens with zero attached hydrogens (tertiary/aromatic N) is 1. The van der Waals surface area contributed by atoms with Crippen LogP contribution in [-0.2, 0) is 0 Å². The molecule has 0 aliphatic heterocycles. The highest BCUT2D eigenvalue weighted by atomic mass is 16.5. The molecule has 124 valence electrons. The number of aryl methyl sites for hydroxylation is 1. The molecule has 2 aromatic carbocycles. The van der Waals surface area contributed by atoms with Crippen LogP contribution in [0.5, 0.6) is 5.75 Å². The first-order valence-electron chi connectivity index (χ1n) is 8.49. The number of rotatable bonds is 5. The van der Waals surface area contributed by atoms with Gasteiger partial charge in [-0.15, -0.1) is 0 Å². The standard InChI is InChI=1S/C21H23NO2/c1-4-12-22-19-14-21(16-8-6-15(3)7-9-16)24-20-11-10-17(23-5-2)13-18(19)20/h6-11,13-14H,4-5,12H2,1-3H3. The van der Waals surface area contributed by atoms with E-state index in [0.29, 0.717) is 6.61 Å². The average molecular weight is 321 g/mol. The monoisotopic (exact) mass is 321 g/mol. The summed E-state index contributed by atoms with van der Waals surface area (Å²) in [6.45, 7) is 7.64. The van der Waals surface area contributed by atoms with E-state index in [1.807, 2.05) is 31.2 Å². The fraction of sp³-hybridized carbons (Fsp3) is 0.286. The smallest absolute Gasteiger partial charge is 0.137 e. The lowest BCUT2D eigenvalue weighted by atomic mass is 10.1. The highest BCUT2D eigenvalue weighted by Gasteiger charge is 2.07. The van der Waals surface area contributed by atoms with Gasteiger partial charge < -0.3 is 9.15 Å². The van der Waals surface area contributed by atoms with Gasteiger partial charge in [0.25, 0.3) is 0 Å². The minimum Gasteiger partial charge on any atom is -0.494 e. The van der Waals surface area contributed by atoms with Gasteiger partial charge in [0.1, 0.15) is 17.1 Å². The van der Waals surface area contributed by atoms with Crippen LogP contribution in [0, 0.1) is 6.92 Å². The molecule has 0 saturated carbocycles. The van der Waals surface area contributed by atoms with Crippen molar-refractivity contribution in [3.63, 3.8) is 0 Å². The van der Waals surface area contributed by atoms with Crippen molar-refractivity contribution in [2.75, 3.05) is 13.2 Å². The molecule has 1 aromatic heterocycles. The molecule has 1 heterocycles. The molecule has 3 aromatic rings. The van der Waals surface area contributed by atoms with Gasteiger partial charge in [0.15, 0.2) is 0 Å². The highest BCUT2D eigenvalue weighted by molar-refractivity contribution is 5.80. The SMILES string of the molecule is CCCN=c1cc(-c2ccc(C)cc2)oc2ccc(OCC)cc12. The molecule has 3 nitrogen and oxygen atoms in total. The van der Waals surface area contributed by atoms with E-state index in [4.69, 9.17) is 14.1 Å². The molecule has 24 heavy (non-hydrogen) atoms. The number of ether oxygens (including phenoxy) is 1. The Morgan fingerprint density at radius 3 is 2.50 bits per heavy atom. The maximum absolute atomic E-state index is 6.13. The van der Waals surface area contributed by atoms with E-state index in [9.17, 15) is 0 Å². The quantitative estimate of drug-likeness (QED) is 0.654. The summed E-state index contributed by atoms with van der Waals surface area (Å²) in [5, 5.41) is 1.94. The van der Waals surface area contributed by atoms with Crippen LogP contribution in [0.2, 0.25) is 0 Å². The highest BCUT2D eigenvalue weighted by Crippen LogP contribution is 2.25. The Balaban J connectivity index is 2.19. The first kappa shape index (κ1) is 16.3. The molecule has 3 rings (SSSR count). The topological polar surface area (TPSA) is 34.7 Å². The van der Waals surface area contributed by atoms with E-state index >= 15 is 0 Å². The van der Waals surface area contributed by atoms with Crippen molar-refractivity contribution in [3.8, 4) is 17.1 Å². The fourth-order valence-electron chi connectivity index (χ4n) is 2.63. The van der Waals surface area contributed by atoms with E-state index in [-0.39, 0.29) is 0 Å². The van der Waals surface area contributed by atoms with Crippen LogP contribution < -0.4 is 10.1 Å². The molecular formula is C21H23NO2. The summed E-state index contributed by atoms with van der Waals surface area (Å²) in [4.78, 5) is 4.74. The Labute approximate surface area is 142 Å². The molecule has 0 atom stereocenters. The Morgan fingerprint density at radius 2 is 1.79 bits per heavy atom. The van der Waals surface area contributed by atoms with Crippen molar-refractivity contribution in [2.45, 2.75) is 27.2 Å². The summed E-state index contributed by atoms with van der Waals surface area (Å²) >= 11 is 0. The Bertz CT molecular complexity index is 892. The van der Waals surface area contributed by atoms with Gasteiger partial charge in [-0.1, -0.05) is 36.8 Å². The van der Waals surface area contributed by atoms with Gasteiger partial charge >= 0.3 is 0 Å². The summed E-state index contributed by atoms with van der Waals surface area (Å²) in [6.07, 6.45) is 1.01. The molecule has 0 saturated heterocycles. The molecule has 0 amide bonds. The minimum absolute atomic E-state index is 0.644. The summed E-state index contributed by atoms with van der Waals surface area (Å²) < 4.78 is 11.7. The maximum atomic E-state index is 6.13. The summed E-state index contributed by atoms with van der Waals surface area (Å²) in [6, 6.07) is 16.3. The average Bonchev–Trinajstić information content (AvgIpc) is 2.60. The molecule has 0 N–H and O–H groups in total. The predicted octanol–water partition coefficient (Wildman–Crippen LogP) is 5.12. The van der Waals surface area contributed by atoms with E-state index in [2.05, 4.69) is 38.1 Å². The lowest BCUT2D eigenvalue weighted by molar-refractivity contribution is 0.340. The zero-order chi connectivity index (χ0) is 16.9. The first-order valence-corrected chi connectivity index (χ1v) is 8.49. The summed E-state index contributed by atoms with van der Waals surface area (Å²) in [5.41, 5.74) is 3.12. The molecule has 0 spiro atoms. The van der Waals surface area contributed by atoms with Gasteiger partial charge in [-0.2, -0.15) is 0 Å². The van der Waals surface area contributed by atoms with Gasteiger partial charge in [-0.05, 0) is 38.5 Å². The second-order valence-corrected chi connectivity index (χ2v) is 5.83.